The highest BCUT2D eigenvalue weighted by molar-refractivity contribution is 7.85. The summed E-state index contributed by atoms with van der Waals surface area (Å²) in [6.07, 6.45) is 0. The molecular formula is C30H30O5S. The van der Waals surface area contributed by atoms with Crippen molar-refractivity contribution >= 4 is 10.1 Å². The van der Waals surface area contributed by atoms with Gasteiger partial charge in [-0.1, -0.05) is 74.5 Å². The molecule has 0 aliphatic rings. The number of hydrogen-bond donors (Lipinski definition) is 3. The molecular weight excluding hydrogens is 472 g/mol. The molecule has 4 aromatic rings. The maximum atomic E-state index is 11.9. The van der Waals surface area contributed by atoms with Gasteiger partial charge in [-0.25, -0.2) is 0 Å². The zero-order chi connectivity index (χ0) is 26.2. The smallest absolute Gasteiger partial charge is 0.294 e. The highest BCUT2D eigenvalue weighted by Gasteiger charge is 2.24. The molecule has 0 fully saturated rings. The maximum absolute atomic E-state index is 11.9. The number of phenols is 2. The van der Waals surface area contributed by atoms with Crippen LogP contribution in [-0.2, 0) is 10.1 Å². The van der Waals surface area contributed by atoms with Crippen LogP contribution in [0.4, 0.5) is 0 Å². The van der Waals surface area contributed by atoms with E-state index in [9.17, 15) is 23.2 Å². The van der Waals surface area contributed by atoms with E-state index in [1.807, 2.05) is 31.2 Å². The molecule has 6 heteroatoms. The molecule has 2 atom stereocenters. The molecule has 0 aliphatic heterocycles. The third kappa shape index (κ3) is 4.74. The fraction of sp³-hybridized carbons (Fsp3) is 0.200. The van der Waals surface area contributed by atoms with Crippen molar-refractivity contribution in [3.63, 3.8) is 0 Å². The topological polar surface area (TPSA) is 94.8 Å². The number of hydrogen-bond acceptors (Lipinski definition) is 4. The molecule has 0 spiro atoms. The molecule has 3 N–H and O–H groups in total. The van der Waals surface area contributed by atoms with Crippen molar-refractivity contribution in [1.29, 1.82) is 0 Å². The quantitative estimate of drug-likeness (QED) is 0.249. The van der Waals surface area contributed by atoms with E-state index in [1.54, 1.807) is 6.07 Å². The first-order chi connectivity index (χ1) is 17.0. The molecule has 36 heavy (non-hydrogen) atoms. The van der Waals surface area contributed by atoms with Crippen LogP contribution in [0.3, 0.4) is 0 Å². The second-order valence-corrected chi connectivity index (χ2v) is 10.6. The van der Waals surface area contributed by atoms with Crippen LogP contribution >= 0.6 is 0 Å². The minimum atomic E-state index is -4.50. The number of benzene rings is 4. The summed E-state index contributed by atoms with van der Waals surface area (Å²) in [6.45, 7) is 7.59. The number of rotatable bonds is 6. The zero-order valence-electron chi connectivity index (χ0n) is 20.7. The van der Waals surface area contributed by atoms with E-state index in [0.717, 1.165) is 22.8 Å². The Hall–Kier alpha value is -3.61. The van der Waals surface area contributed by atoms with E-state index >= 15 is 0 Å². The molecule has 0 heterocycles. The monoisotopic (exact) mass is 502 g/mol. The van der Waals surface area contributed by atoms with Crippen LogP contribution in [0.2, 0.25) is 0 Å². The van der Waals surface area contributed by atoms with E-state index in [4.69, 9.17) is 0 Å². The SMILES string of the molecule is Cc1c(C(C)c2ccc(C(C)c3ccccc3)cc2)ccc(O)c1-c1c(O)ccc(S(=O)(=O)O)c1C. The minimum absolute atomic E-state index is 0.0300. The van der Waals surface area contributed by atoms with Crippen LogP contribution < -0.4 is 0 Å². The lowest BCUT2D eigenvalue weighted by Crippen LogP contribution is -2.05. The first kappa shape index (κ1) is 25.5. The normalized spacial score (nSPS) is 13.4. The Kier molecular flexibility index (Phi) is 6.94. The van der Waals surface area contributed by atoms with Crippen LogP contribution in [0, 0.1) is 13.8 Å². The molecule has 0 saturated carbocycles. The van der Waals surface area contributed by atoms with Crippen molar-refractivity contribution < 1.29 is 23.2 Å². The molecule has 4 aromatic carbocycles. The fourth-order valence-corrected chi connectivity index (χ4v) is 5.69. The average molecular weight is 503 g/mol. The van der Waals surface area contributed by atoms with Crippen molar-refractivity contribution in [2.45, 2.75) is 44.4 Å². The molecule has 186 valence electrons. The predicted octanol–water partition coefficient (Wildman–Crippen LogP) is 6.93. The lowest BCUT2D eigenvalue weighted by atomic mass is 9.84. The third-order valence-corrected chi connectivity index (χ3v) is 8.11. The van der Waals surface area contributed by atoms with Gasteiger partial charge in [0.15, 0.2) is 0 Å². The Morgan fingerprint density at radius 3 is 1.64 bits per heavy atom. The second-order valence-electron chi connectivity index (χ2n) is 9.25. The van der Waals surface area contributed by atoms with E-state index < -0.39 is 10.1 Å². The Labute approximate surface area is 212 Å². The first-order valence-corrected chi connectivity index (χ1v) is 13.2. The predicted molar refractivity (Wildman–Crippen MR) is 142 cm³/mol. The van der Waals surface area contributed by atoms with Crippen LogP contribution in [-0.4, -0.2) is 23.2 Å². The maximum Gasteiger partial charge on any atom is 0.294 e. The molecule has 0 bridgehead atoms. The van der Waals surface area contributed by atoms with Crippen molar-refractivity contribution in [1.82, 2.24) is 0 Å². The van der Waals surface area contributed by atoms with Gasteiger partial charge in [0.05, 0.1) is 4.90 Å². The molecule has 0 saturated heterocycles. The van der Waals surface area contributed by atoms with E-state index in [2.05, 4.69) is 50.2 Å². The Morgan fingerprint density at radius 2 is 1.08 bits per heavy atom. The van der Waals surface area contributed by atoms with Gasteiger partial charge >= 0.3 is 0 Å². The molecule has 2 unspecified atom stereocenters. The molecule has 0 aromatic heterocycles. The van der Waals surface area contributed by atoms with Gasteiger partial charge in [0, 0.05) is 23.0 Å². The summed E-state index contributed by atoms with van der Waals surface area (Å²) in [5.41, 5.74) is 5.89. The van der Waals surface area contributed by atoms with E-state index in [-0.39, 0.29) is 39.4 Å². The third-order valence-electron chi connectivity index (χ3n) is 7.11. The lowest BCUT2D eigenvalue weighted by molar-refractivity contribution is 0.466. The standard InChI is InChI=1S/C30H30O5S/c1-18(22-8-6-5-7-9-22)23-10-12-24(13-11-23)19(2)25-14-15-26(31)29(20(25)3)30-21(4)28(36(33,34)35)17-16-27(30)32/h5-19,31-32H,1-4H3,(H,33,34,35). The van der Waals surface area contributed by atoms with Crippen LogP contribution in [0.5, 0.6) is 11.5 Å². The van der Waals surface area contributed by atoms with E-state index in [1.165, 1.54) is 24.1 Å². The van der Waals surface area contributed by atoms with Gasteiger partial charge < -0.3 is 10.2 Å². The highest BCUT2D eigenvalue weighted by atomic mass is 32.2. The Morgan fingerprint density at radius 1 is 0.611 bits per heavy atom. The van der Waals surface area contributed by atoms with Gasteiger partial charge in [0.1, 0.15) is 11.5 Å². The average Bonchev–Trinajstić information content (AvgIpc) is 2.85. The van der Waals surface area contributed by atoms with Crippen molar-refractivity contribution in [3.8, 4) is 22.6 Å². The van der Waals surface area contributed by atoms with Crippen LogP contribution in [0.15, 0.2) is 83.8 Å². The van der Waals surface area contributed by atoms with Gasteiger partial charge in [0.25, 0.3) is 10.1 Å². The largest absolute Gasteiger partial charge is 0.507 e. The zero-order valence-corrected chi connectivity index (χ0v) is 21.5. The van der Waals surface area contributed by atoms with Crippen molar-refractivity contribution in [3.05, 3.63) is 112 Å². The Balaban J connectivity index is 1.75. The molecule has 0 amide bonds. The van der Waals surface area contributed by atoms with Gasteiger partial charge in [0.2, 0.25) is 0 Å². The first-order valence-electron chi connectivity index (χ1n) is 11.8. The summed E-state index contributed by atoms with van der Waals surface area (Å²) in [7, 11) is -4.50. The summed E-state index contributed by atoms with van der Waals surface area (Å²) in [4.78, 5) is -0.310. The highest BCUT2D eigenvalue weighted by Crippen LogP contribution is 2.44. The molecule has 0 aliphatic carbocycles. The van der Waals surface area contributed by atoms with E-state index in [0.29, 0.717) is 5.56 Å². The minimum Gasteiger partial charge on any atom is -0.507 e. The lowest BCUT2D eigenvalue weighted by Gasteiger charge is -2.22. The summed E-state index contributed by atoms with van der Waals surface area (Å²) >= 11 is 0. The fourth-order valence-electron chi connectivity index (χ4n) is 4.96. The number of aromatic hydroxyl groups is 2. The molecule has 0 radical (unpaired) electrons. The van der Waals surface area contributed by atoms with Gasteiger partial charge in [-0.2, -0.15) is 8.42 Å². The summed E-state index contributed by atoms with van der Waals surface area (Å²) in [5.74, 6) is -0.0278. The van der Waals surface area contributed by atoms with Gasteiger partial charge in [-0.3, -0.25) is 4.55 Å². The second kappa shape index (κ2) is 9.80. The van der Waals surface area contributed by atoms with Crippen LogP contribution in [0.25, 0.3) is 11.1 Å². The van der Waals surface area contributed by atoms with Gasteiger partial charge in [-0.15, -0.1) is 0 Å². The molecule has 4 rings (SSSR count). The van der Waals surface area contributed by atoms with Crippen molar-refractivity contribution in [2.24, 2.45) is 0 Å². The van der Waals surface area contributed by atoms with Crippen molar-refractivity contribution in [2.75, 3.05) is 0 Å². The molecule has 5 nitrogen and oxygen atoms in total. The number of phenolic OH excluding ortho intramolecular Hbond substituents is 2. The summed E-state index contributed by atoms with van der Waals surface area (Å²) in [5, 5.41) is 21.4. The summed E-state index contributed by atoms with van der Waals surface area (Å²) < 4.78 is 33.3. The Bertz CT molecular complexity index is 1510. The van der Waals surface area contributed by atoms with Crippen LogP contribution in [0.1, 0.15) is 59.1 Å². The summed E-state index contributed by atoms with van der Waals surface area (Å²) in [6, 6.07) is 24.6. The van der Waals surface area contributed by atoms with Gasteiger partial charge in [-0.05, 0) is 65.4 Å².